The number of fused-ring (bicyclic) bond motifs is 3. The van der Waals surface area contributed by atoms with E-state index < -0.39 is 10.0 Å². The third-order valence-electron chi connectivity index (χ3n) is 6.30. The van der Waals surface area contributed by atoms with E-state index in [9.17, 15) is 8.42 Å². The zero-order valence-electron chi connectivity index (χ0n) is 15.4. The fourth-order valence-corrected chi connectivity index (χ4v) is 6.16. The Labute approximate surface area is 174 Å². The summed E-state index contributed by atoms with van der Waals surface area (Å²) in [5, 5.41) is 3.68. The van der Waals surface area contributed by atoms with E-state index in [-0.39, 0.29) is 18.0 Å². The van der Waals surface area contributed by atoms with Crippen LogP contribution < -0.4 is 10.0 Å². The third-order valence-corrected chi connectivity index (χ3v) is 8.35. The van der Waals surface area contributed by atoms with E-state index in [1.807, 2.05) is 12.1 Å². The summed E-state index contributed by atoms with van der Waals surface area (Å²) in [5.74, 6) is 0.634. The Balaban J connectivity index is 1.49. The van der Waals surface area contributed by atoms with Crippen molar-refractivity contribution in [2.75, 3.05) is 5.32 Å². The molecule has 3 aliphatic rings. The fraction of sp³-hybridized carbons (Fsp3) is 0.364. The molecule has 3 atom stereocenters. The number of benzene rings is 2. The van der Waals surface area contributed by atoms with Gasteiger partial charge in [-0.1, -0.05) is 46.6 Å². The third kappa shape index (κ3) is 3.21. The second-order valence-corrected chi connectivity index (χ2v) is 10.7. The van der Waals surface area contributed by atoms with E-state index in [4.69, 9.17) is 0 Å². The number of hydrogen-bond acceptors (Lipinski definition) is 3. The Kier molecular flexibility index (Phi) is 4.61. The standard InChI is InChI=1S/C22H23BrN2O2S/c23-15-9-7-14(8-10-15)22-19-6-2-5-18(19)20-13-17(11-12-21(20)24-22)28(26,27)25-16-3-1-4-16/h2,5,7-13,16,18-19,22,24-25H,1,3-4,6H2/t18-,19+,22+/m0/s1. The Hall–Kier alpha value is -1.63. The molecule has 5 rings (SSSR count). The molecule has 2 aromatic rings. The first-order valence-corrected chi connectivity index (χ1v) is 12.1. The van der Waals surface area contributed by atoms with Gasteiger partial charge in [-0.05, 0) is 66.6 Å². The summed E-state index contributed by atoms with van der Waals surface area (Å²) >= 11 is 3.51. The summed E-state index contributed by atoms with van der Waals surface area (Å²) in [5.41, 5.74) is 3.38. The lowest BCUT2D eigenvalue weighted by atomic mass is 9.77. The number of sulfonamides is 1. The van der Waals surface area contributed by atoms with E-state index in [0.717, 1.165) is 41.4 Å². The molecule has 0 spiro atoms. The second-order valence-electron chi connectivity index (χ2n) is 8.03. The SMILES string of the molecule is O=S(=O)(NC1CCC1)c1ccc2c(c1)[C@H]1C=CC[C@H]1[C@@H](c1ccc(Br)cc1)N2. The van der Waals surface area contributed by atoms with Gasteiger partial charge in [0.15, 0.2) is 0 Å². The molecule has 2 aliphatic carbocycles. The molecule has 0 unspecified atom stereocenters. The molecule has 0 radical (unpaired) electrons. The number of nitrogens with one attached hydrogen (secondary N) is 2. The molecule has 4 nitrogen and oxygen atoms in total. The minimum atomic E-state index is -3.46. The maximum atomic E-state index is 12.8. The van der Waals surface area contributed by atoms with Crippen molar-refractivity contribution in [2.24, 2.45) is 5.92 Å². The van der Waals surface area contributed by atoms with Crippen LogP contribution in [0.2, 0.25) is 0 Å². The van der Waals surface area contributed by atoms with Gasteiger partial charge in [-0.15, -0.1) is 0 Å². The number of anilines is 1. The molecular formula is C22H23BrN2O2S. The molecule has 28 heavy (non-hydrogen) atoms. The summed E-state index contributed by atoms with van der Waals surface area (Å²) in [6, 6.07) is 14.3. The number of allylic oxidation sites excluding steroid dienone is 2. The van der Waals surface area contributed by atoms with Gasteiger partial charge >= 0.3 is 0 Å². The Morgan fingerprint density at radius 3 is 2.57 bits per heavy atom. The van der Waals surface area contributed by atoms with Gasteiger partial charge in [0.25, 0.3) is 0 Å². The van der Waals surface area contributed by atoms with Crippen LogP contribution in [0.3, 0.4) is 0 Å². The van der Waals surface area contributed by atoms with Gasteiger partial charge in [0.2, 0.25) is 10.0 Å². The van der Waals surface area contributed by atoms with E-state index in [1.165, 1.54) is 5.56 Å². The topological polar surface area (TPSA) is 58.2 Å². The minimum Gasteiger partial charge on any atom is -0.378 e. The average Bonchev–Trinajstić information content (AvgIpc) is 3.15. The highest BCUT2D eigenvalue weighted by molar-refractivity contribution is 9.10. The number of halogens is 1. The molecule has 2 aromatic carbocycles. The lowest BCUT2D eigenvalue weighted by Gasteiger charge is -2.38. The summed E-state index contributed by atoms with van der Waals surface area (Å²) in [7, 11) is -3.46. The highest BCUT2D eigenvalue weighted by Gasteiger charge is 2.38. The first kappa shape index (κ1) is 18.4. The summed E-state index contributed by atoms with van der Waals surface area (Å²) < 4.78 is 29.5. The van der Waals surface area contributed by atoms with Crippen LogP contribution in [-0.4, -0.2) is 14.5 Å². The van der Waals surface area contributed by atoms with Crippen molar-refractivity contribution in [1.29, 1.82) is 0 Å². The van der Waals surface area contributed by atoms with Crippen LogP contribution in [0, 0.1) is 5.92 Å². The van der Waals surface area contributed by atoms with Gasteiger partial charge < -0.3 is 5.32 Å². The van der Waals surface area contributed by atoms with Crippen molar-refractivity contribution in [1.82, 2.24) is 4.72 Å². The molecule has 0 saturated heterocycles. The van der Waals surface area contributed by atoms with Gasteiger partial charge in [-0.2, -0.15) is 0 Å². The summed E-state index contributed by atoms with van der Waals surface area (Å²) in [6.07, 6.45) is 8.45. The molecule has 6 heteroatoms. The van der Waals surface area contributed by atoms with Gasteiger partial charge in [0.05, 0.1) is 10.9 Å². The monoisotopic (exact) mass is 458 g/mol. The van der Waals surface area contributed by atoms with Gasteiger partial charge in [0.1, 0.15) is 0 Å². The zero-order chi connectivity index (χ0) is 19.3. The normalized spacial score (nSPS) is 26.2. The van der Waals surface area contributed by atoms with Crippen molar-refractivity contribution in [3.05, 3.63) is 70.2 Å². The molecule has 2 N–H and O–H groups in total. The first-order valence-electron chi connectivity index (χ1n) is 9.86. The Morgan fingerprint density at radius 2 is 1.86 bits per heavy atom. The molecule has 146 valence electrons. The maximum Gasteiger partial charge on any atom is 0.240 e. The molecule has 0 aromatic heterocycles. The van der Waals surface area contributed by atoms with E-state index in [2.05, 4.69) is 62.4 Å². The quantitative estimate of drug-likeness (QED) is 0.625. The Morgan fingerprint density at radius 1 is 1.07 bits per heavy atom. The predicted octanol–water partition coefficient (Wildman–Crippen LogP) is 5.11. The van der Waals surface area contributed by atoms with E-state index in [1.54, 1.807) is 6.07 Å². The van der Waals surface area contributed by atoms with Crippen LogP contribution in [0.25, 0.3) is 0 Å². The van der Waals surface area contributed by atoms with Crippen molar-refractivity contribution < 1.29 is 8.42 Å². The van der Waals surface area contributed by atoms with Crippen LogP contribution in [0.15, 0.2) is 64.0 Å². The number of rotatable bonds is 4. The van der Waals surface area contributed by atoms with Crippen LogP contribution in [0.5, 0.6) is 0 Å². The van der Waals surface area contributed by atoms with Crippen LogP contribution in [0.1, 0.15) is 48.8 Å². The molecule has 1 fully saturated rings. The molecule has 1 saturated carbocycles. The largest absolute Gasteiger partial charge is 0.378 e. The first-order chi connectivity index (χ1) is 13.5. The van der Waals surface area contributed by atoms with Gasteiger partial charge in [0, 0.05) is 22.1 Å². The average molecular weight is 459 g/mol. The van der Waals surface area contributed by atoms with Crippen molar-refractivity contribution in [3.63, 3.8) is 0 Å². The Bertz CT molecular complexity index is 1030. The van der Waals surface area contributed by atoms with Crippen molar-refractivity contribution in [2.45, 2.75) is 48.6 Å². The minimum absolute atomic E-state index is 0.0973. The second kappa shape index (κ2) is 7.01. The van der Waals surface area contributed by atoms with Crippen LogP contribution in [0.4, 0.5) is 5.69 Å². The molecule has 0 amide bonds. The van der Waals surface area contributed by atoms with Crippen molar-refractivity contribution >= 4 is 31.6 Å². The van der Waals surface area contributed by atoms with Crippen molar-refractivity contribution in [3.8, 4) is 0 Å². The fourth-order valence-electron chi connectivity index (χ4n) is 4.55. The maximum absolute atomic E-state index is 12.8. The highest BCUT2D eigenvalue weighted by atomic mass is 79.9. The molecule has 1 heterocycles. The summed E-state index contributed by atoms with van der Waals surface area (Å²) in [6.45, 7) is 0. The smallest absolute Gasteiger partial charge is 0.240 e. The highest BCUT2D eigenvalue weighted by Crippen LogP contribution is 2.50. The molecule has 1 aliphatic heterocycles. The lowest BCUT2D eigenvalue weighted by molar-refractivity contribution is 0.383. The summed E-state index contributed by atoms with van der Waals surface area (Å²) in [4.78, 5) is 0.376. The lowest BCUT2D eigenvalue weighted by Crippen LogP contribution is -2.39. The van der Waals surface area contributed by atoms with E-state index in [0.29, 0.717) is 10.8 Å². The molecular weight excluding hydrogens is 436 g/mol. The van der Waals surface area contributed by atoms with Crippen LogP contribution in [-0.2, 0) is 10.0 Å². The van der Waals surface area contributed by atoms with Crippen LogP contribution >= 0.6 is 15.9 Å². The number of hydrogen-bond donors (Lipinski definition) is 2. The molecule has 0 bridgehead atoms. The van der Waals surface area contributed by atoms with E-state index >= 15 is 0 Å². The zero-order valence-corrected chi connectivity index (χ0v) is 17.8. The van der Waals surface area contributed by atoms with Gasteiger partial charge in [-0.25, -0.2) is 13.1 Å². The van der Waals surface area contributed by atoms with Gasteiger partial charge in [-0.3, -0.25) is 0 Å². The predicted molar refractivity (Wildman–Crippen MR) is 115 cm³/mol.